The van der Waals surface area contributed by atoms with E-state index in [1.807, 2.05) is 0 Å². The molecule has 2 heterocycles. The third kappa shape index (κ3) is 1.75. The first-order valence-electron chi connectivity index (χ1n) is 5.70. The maximum absolute atomic E-state index is 6.11. The zero-order chi connectivity index (χ0) is 9.42. The summed E-state index contributed by atoms with van der Waals surface area (Å²) in [6.45, 7) is 5.58. The van der Waals surface area contributed by atoms with Crippen LogP contribution in [0.2, 0.25) is 0 Å². The van der Waals surface area contributed by atoms with Crippen LogP contribution in [0.5, 0.6) is 0 Å². The number of hydrogen-bond acceptors (Lipinski definition) is 2. The lowest BCUT2D eigenvalue weighted by Crippen LogP contribution is -2.42. The molecule has 2 aliphatic rings. The van der Waals surface area contributed by atoms with Crippen molar-refractivity contribution in [3.63, 3.8) is 0 Å². The van der Waals surface area contributed by atoms with Crippen molar-refractivity contribution in [3.8, 4) is 0 Å². The molecule has 13 heavy (non-hydrogen) atoms. The van der Waals surface area contributed by atoms with Gasteiger partial charge in [-0.25, -0.2) is 0 Å². The molecule has 0 aromatic carbocycles. The van der Waals surface area contributed by atoms with E-state index in [2.05, 4.69) is 18.7 Å². The molecule has 2 heteroatoms. The van der Waals surface area contributed by atoms with E-state index in [1.165, 1.54) is 25.7 Å². The molecule has 2 fully saturated rings. The summed E-state index contributed by atoms with van der Waals surface area (Å²) in [7, 11) is 0. The van der Waals surface area contributed by atoms with Crippen LogP contribution in [0.4, 0.5) is 0 Å². The fraction of sp³-hybridized carbons (Fsp3) is 1.00. The van der Waals surface area contributed by atoms with Gasteiger partial charge in [-0.2, -0.15) is 0 Å². The molecule has 0 unspecified atom stereocenters. The number of fused-ring (bicyclic) bond motifs is 2. The summed E-state index contributed by atoms with van der Waals surface area (Å²) in [6.07, 6.45) is 5.70. The van der Waals surface area contributed by atoms with Crippen LogP contribution in [0.1, 0.15) is 39.5 Å². The number of hydrogen-bond donors (Lipinski definition) is 1. The van der Waals surface area contributed by atoms with Gasteiger partial charge in [0.25, 0.3) is 0 Å². The molecule has 0 aromatic rings. The lowest BCUT2D eigenvalue weighted by molar-refractivity contribution is 0.219. The summed E-state index contributed by atoms with van der Waals surface area (Å²) in [4.78, 5) is 2.67. The summed E-state index contributed by atoms with van der Waals surface area (Å²) in [5.41, 5.74) is 6.11. The topological polar surface area (TPSA) is 29.3 Å². The molecule has 0 aliphatic carbocycles. The van der Waals surface area contributed by atoms with Crippen molar-refractivity contribution in [3.05, 3.63) is 0 Å². The molecular weight excluding hydrogens is 160 g/mol. The normalized spacial score (nSPS) is 36.0. The van der Waals surface area contributed by atoms with Gasteiger partial charge in [0.15, 0.2) is 0 Å². The third-order valence-corrected chi connectivity index (χ3v) is 3.88. The second kappa shape index (κ2) is 3.58. The van der Waals surface area contributed by atoms with Crippen LogP contribution in [-0.4, -0.2) is 29.6 Å². The van der Waals surface area contributed by atoms with Crippen LogP contribution in [0.15, 0.2) is 0 Å². The minimum absolute atomic E-state index is 0.376. The Morgan fingerprint density at radius 1 is 1.15 bits per heavy atom. The highest BCUT2D eigenvalue weighted by atomic mass is 15.2. The van der Waals surface area contributed by atoms with Crippen molar-refractivity contribution < 1.29 is 0 Å². The molecule has 0 saturated carbocycles. The zero-order valence-electron chi connectivity index (χ0n) is 8.87. The maximum Gasteiger partial charge on any atom is 0.0191 e. The quantitative estimate of drug-likeness (QED) is 0.718. The third-order valence-electron chi connectivity index (χ3n) is 3.88. The Hall–Kier alpha value is -0.0800. The monoisotopic (exact) mass is 182 g/mol. The first-order chi connectivity index (χ1) is 6.18. The summed E-state index contributed by atoms with van der Waals surface area (Å²) in [5, 5.41) is 0. The Morgan fingerprint density at radius 2 is 1.62 bits per heavy atom. The van der Waals surface area contributed by atoms with Gasteiger partial charge in [-0.15, -0.1) is 0 Å². The Bertz CT molecular complexity index is 159. The standard InChI is InChI=1S/C11H22N2/c1-8(2)11(12)7-13-9-3-4-10(13)6-5-9/h8-11H,3-7,12H2,1-2H3/t9?,10?,11-/m1/s1. The fourth-order valence-corrected chi connectivity index (χ4v) is 2.77. The van der Waals surface area contributed by atoms with Gasteiger partial charge in [-0.05, 0) is 31.6 Å². The Balaban J connectivity index is 1.88. The Kier molecular flexibility index (Phi) is 2.61. The van der Waals surface area contributed by atoms with E-state index in [0.29, 0.717) is 12.0 Å². The molecular formula is C11H22N2. The minimum atomic E-state index is 0.376. The molecule has 2 N–H and O–H groups in total. The van der Waals surface area contributed by atoms with Gasteiger partial charge < -0.3 is 5.73 Å². The van der Waals surface area contributed by atoms with E-state index in [-0.39, 0.29) is 0 Å². The predicted octanol–water partition coefficient (Wildman–Crippen LogP) is 1.60. The Morgan fingerprint density at radius 3 is 2.00 bits per heavy atom. The molecule has 0 amide bonds. The van der Waals surface area contributed by atoms with E-state index in [1.54, 1.807) is 0 Å². The first-order valence-corrected chi connectivity index (χ1v) is 5.70. The van der Waals surface area contributed by atoms with Crippen LogP contribution in [-0.2, 0) is 0 Å². The van der Waals surface area contributed by atoms with Crippen LogP contribution < -0.4 is 5.73 Å². The predicted molar refractivity (Wildman–Crippen MR) is 55.6 cm³/mol. The lowest BCUT2D eigenvalue weighted by atomic mass is 10.0. The van der Waals surface area contributed by atoms with Crippen molar-refractivity contribution >= 4 is 0 Å². The molecule has 1 atom stereocenters. The van der Waals surface area contributed by atoms with Gasteiger partial charge in [-0.1, -0.05) is 13.8 Å². The van der Waals surface area contributed by atoms with Gasteiger partial charge in [0.2, 0.25) is 0 Å². The molecule has 0 radical (unpaired) electrons. The summed E-state index contributed by atoms with van der Waals surface area (Å²) < 4.78 is 0. The van der Waals surface area contributed by atoms with E-state index in [4.69, 9.17) is 5.73 Å². The van der Waals surface area contributed by atoms with Crippen LogP contribution >= 0.6 is 0 Å². The molecule has 76 valence electrons. The maximum atomic E-state index is 6.11. The molecule has 2 aliphatic heterocycles. The molecule has 0 spiro atoms. The summed E-state index contributed by atoms with van der Waals surface area (Å²) in [5.74, 6) is 0.625. The number of nitrogens with zero attached hydrogens (tertiary/aromatic N) is 1. The van der Waals surface area contributed by atoms with Crippen molar-refractivity contribution in [2.45, 2.75) is 57.7 Å². The lowest BCUT2D eigenvalue weighted by Gasteiger charge is -2.27. The van der Waals surface area contributed by atoms with Crippen LogP contribution in [0.3, 0.4) is 0 Å². The SMILES string of the molecule is CC(C)[C@H](N)CN1C2CCC1CC2. The van der Waals surface area contributed by atoms with Crippen molar-refractivity contribution in [1.29, 1.82) is 0 Å². The highest BCUT2D eigenvalue weighted by molar-refractivity contribution is 4.96. The molecule has 2 nitrogen and oxygen atoms in total. The second-order valence-corrected chi connectivity index (χ2v) is 5.07. The molecule has 0 aromatic heterocycles. The van der Waals surface area contributed by atoms with E-state index in [9.17, 15) is 0 Å². The van der Waals surface area contributed by atoms with Crippen LogP contribution in [0, 0.1) is 5.92 Å². The highest BCUT2D eigenvalue weighted by Crippen LogP contribution is 2.37. The zero-order valence-corrected chi connectivity index (χ0v) is 8.87. The summed E-state index contributed by atoms with van der Waals surface area (Å²) in [6, 6.07) is 2.14. The van der Waals surface area contributed by atoms with Gasteiger partial charge in [0.1, 0.15) is 0 Å². The number of nitrogens with two attached hydrogens (primary N) is 1. The second-order valence-electron chi connectivity index (χ2n) is 5.07. The summed E-state index contributed by atoms with van der Waals surface area (Å²) >= 11 is 0. The molecule has 2 saturated heterocycles. The van der Waals surface area contributed by atoms with Crippen molar-refractivity contribution in [2.24, 2.45) is 11.7 Å². The Labute approximate surface area is 81.5 Å². The fourth-order valence-electron chi connectivity index (χ4n) is 2.77. The van der Waals surface area contributed by atoms with Crippen molar-refractivity contribution in [1.82, 2.24) is 4.90 Å². The van der Waals surface area contributed by atoms with E-state index in [0.717, 1.165) is 18.6 Å². The highest BCUT2D eigenvalue weighted by Gasteiger charge is 2.39. The molecule has 2 bridgehead atoms. The molecule has 2 rings (SSSR count). The van der Waals surface area contributed by atoms with Gasteiger partial charge in [-0.3, -0.25) is 4.90 Å². The average molecular weight is 182 g/mol. The minimum Gasteiger partial charge on any atom is -0.326 e. The van der Waals surface area contributed by atoms with Crippen LogP contribution in [0.25, 0.3) is 0 Å². The van der Waals surface area contributed by atoms with E-state index < -0.39 is 0 Å². The van der Waals surface area contributed by atoms with Crippen molar-refractivity contribution in [2.75, 3.05) is 6.54 Å². The number of rotatable bonds is 3. The average Bonchev–Trinajstić information content (AvgIpc) is 2.65. The van der Waals surface area contributed by atoms with Gasteiger partial charge in [0.05, 0.1) is 0 Å². The van der Waals surface area contributed by atoms with Gasteiger partial charge in [0, 0.05) is 24.7 Å². The largest absolute Gasteiger partial charge is 0.326 e. The van der Waals surface area contributed by atoms with Gasteiger partial charge >= 0.3 is 0 Å². The smallest absolute Gasteiger partial charge is 0.0191 e. The van der Waals surface area contributed by atoms with E-state index >= 15 is 0 Å². The first kappa shape index (κ1) is 9.47.